The number of H-pyrrole nitrogens is 1. The number of hydrogen-bond acceptors (Lipinski definition) is 3. The number of carbonyl (C=O) groups excluding carboxylic acids is 2. The van der Waals surface area contributed by atoms with Crippen LogP contribution >= 0.6 is 0 Å². The minimum atomic E-state index is -0.891. The molecule has 1 heterocycles. The first-order chi connectivity index (χ1) is 11.9. The van der Waals surface area contributed by atoms with E-state index in [2.05, 4.69) is 10.3 Å². The number of aromatic amines is 1. The first-order valence-corrected chi connectivity index (χ1v) is 8.17. The van der Waals surface area contributed by atoms with Crippen LogP contribution in [0.3, 0.4) is 0 Å². The minimum absolute atomic E-state index is 0.00483. The molecule has 0 radical (unpaired) electrons. The van der Waals surface area contributed by atoms with Gasteiger partial charge in [-0.3, -0.25) is 14.4 Å². The van der Waals surface area contributed by atoms with Gasteiger partial charge in [0.05, 0.1) is 0 Å². The summed E-state index contributed by atoms with van der Waals surface area (Å²) in [5.41, 5.74) is 1.92. The maximum absolute atomic E-state index is 12.7. The highest BCUT2D eigenvalue weighted by molar-refractivity contribution is 5.89. The molecule has 0 spiro atoms. The van der Waals surface area contributed by atoms with Crippen molar-refractivity contribution >= 4 is 28.7 Å². The van der Waals surface area contributed by atoms with Crippen LogP contribution in [0, 0.1) is 0 Å². The summed E-state index contributed by atoms with van der Waals surface area (Å²) >= 11 is 0. The van der Waals surface area contributed by atoms with E-state index in [9.17, 15) is 14.4 Å². The number of rotatable bonds is 8. The van der Waals surface area contributed by atoms with Gasteiger partial charge in [-0.1, -0.05) is 18.2 Å². The molecule has 0 saturated carbocycles. The molecule has 0 aliphatic rings. The Morgan fingerprint density at radius 2 is 2.00 bits per heavy atom. The fourth-order valence-corrected chi connectivity index (χ4v) is 2.81. The van der Waals surface area contributed by atoms with Crippen LogP contribution in [-0.2, 0) is 20.8 Å². The van der Waals surface area contributed by atoms with Crippen LogP contribution in [0.2, 0.25) is 0 Å². The van der Waals surface area contributed by atoms with Crippen molar-refractivity contribution < 1.29 is 19.5 Å². The topological polar surface area (TPSA) is 103 Å². The van der Waals surface area contributed by atoms with Gasteiger partial charge in [0.2, 0.25) is 11.8 Å². The second kappa shape index (κ2) is 8.32. The standard InChI is InChI=1S/C18H23N3O4/c1-12(22)20-16(18(25)21(2)9-5-8-17(23)24)10-13-11-19-15-7-4-3-6-14(13)15/h3-4,6-7,11,16,19H,5,8-10H2,1-2H3,(H,20,22)(H,23,24). The predicted octanol–water partition coefficient (Wildman–Crippen LogP) is 1.54. The zero-order valence-corrected chi connectivity index (χ0v) is 14.4. The largest absolute Gasteiger partial charge is 0.481 e. The zero-order valence-electron chi connectivity index (χ0n) is 14.4. The molecule has 2 amide bonds. The summed E-state index contributed by atoms with van der Waals surface area (Å²) in [6.07, 6.45) is 2.59. The van der Waals surface area contributed by atoms with E-state index in [1.54, 1.807) is 7.05 Å². The number of aromatic nitrogens is 1. The van der Waals surface area contributed by atoms with Crippen molar-refractivity contribution in [2.24, 2.45) is 0 Å². The summed E-state index contributed by atoms with van der Waals surface area (Å²) in [4.78, 5) is 39.4. The Kier molecular flexibility index (Phi) is 6.16. The molecule has 0 aliphatic heterocycles. The number of benzene rings is 1. The average molecular weight is 345 g/mol. The van der Waals surface area contributed by atoms with E-state index >= 15 is 0 Å². The fraction of sp³-hybridized carbons (Fsp3) is 0.389. The molecule has 1 atom stereocenters. The number of hydrogen-bond donors (Lipinski definition) is 3. The third kappa shape index (κ3) is 5.07. The van der Waals surface area contributed by atoms with Gasteiger partial charge < -0.3 is 20.3 Å². The van der Waals surface area contributed by atoms with E-state index in [-0.39, 0.29) is 18.2 Å². The summed E-state index contributed by atoms with van der Waals surface area (Å²) in [6.45, 7) is 1.70. The van der Waals surface area contributed by atoms with Gasteiger partial charge in [-0.15, -0.1) is 0 Å². The number of aliphatic carboxylic acids is 1. The minimum Gasteiger partial charge on any atom is -0.481 e. The van der Waals surface area contributed by atoms with Crippen molar-refractivity contribution in [1.29, 1.82) is 0 Å². The van der Waals surface area contributed by atoms with E-state index < -0.39 is 12.0 Å². The normalized spacial score (nSPS) is 11.9. The van der Waals surface area contributed by atoms with Crippen molar-refractivity contribution in [1.82, 2.24) is 15.2 Å². The van der Waals surface area contributed by atoms with Gasteiger partial charge in [-0.2, -0.15) is 0 Å². The number of carbonyl (C=O) groups is 3. The first kappa shape index (κ1) is 18.5. The van der Waals surface area contributed by atoms with Gasteiger partial charge in [-0.25, -0.2) is 0 Å². The van der Waals surface area contributed by atoms with Crippen LogP contribution in [0.25, 0.3) is 10.9 Å². The van der Waals surface area contributed by atoms with Gasteiger partial charge in [0.1, 0.15) is 6.04 Å². The lowest BCUT2D eigenvalue weighted by Gasteiger charge is -2.24. The van der Waals surface area contributed by atoms with E-state index in [0.717, 1.165) is 16.5 Å². The van der Waals surface area contributed by atoms with E-state index in [0.29, 0.717) is 19.4 Å². The Morgan fingerprint density at radius 1 is 1.28 bits per heavy atom. The van der Waals surface area contributed by atoms with E-state index in [1.165, 1.54) is 11.8 Å². The quantitative estimate of drug-likeness (QED) is 0.675. The highest BCUT2D eigenvalue weighted by Gasteiger charge is 2.24. The molecule has 7 heteroatoms. The fourth-order valence-electron chi connectivity index (χ4n) is 2.81. The third-order valence-electron chi connectivity index (χ3n) is 4.03. The molecule has 2 aromatic rings. The highest BCUT2D eigenvalue weighted by Crippen LogP contribution is 2.19. The van der Waals surface area contributed by atoms with Gasteiger partial charge in [0.15, 0.2) is 0 Å². The predicted molar refractivity (Wildman–Crippen MR) is 94.1 cm³/mol. The van der Waals surface area contributed by atoms with Crippen molar-refractivity contribution in [2.75, 3.05) is 13.6 Å². The summed E-state index contributed by atoms with van der Waals surface area (Å²) < 4.78 is 0. The van der Waals surface area contributed by atoms with Crippen LogP contribution < -0.4 is 5.32 Å². The molecule has 1 aromatic carbocycles. The molecule has 1 unspecified atom stereocenters. The van der Waals surface area contributed by atoms with Crippen molar-refractivity contribution in [3.8, 4) is 0 Å². The lowest BCUT2D eigenvalue weighted by molar-refractivity contribution is -0.138. The number of fused-ring (bicyclic) bond motifs is 1. The van der Waals surface area contributed by atoms with Crippen LogP contribution in [0.1, 0.15) is 25.3 Å². The number of carboxylic acid groups (broad SMARTS) is 1. The molecule has 0 fully saturated rings. The molecular formula is C18H23N3O4. The Hall–Kier alpha value is -2.83. The molecule has 7 nitrogen and oxygen atoms in total. The Bertz CT molecular complexity index is 769. The molecule has 1 aromatic heterocycles. The molecule has 2 rings (SSSR count). The van der Waals surface area contributed by atoms with Crippen molar-refractivity contribution in [2.45, 2.75) is 32.2 Å². The van der Waals surface area contributed by atoms with Crippen LogP contribution in [0.15, 0.2) is 30.5 Å². The summed E-state index contributed by atoms with van der Waals surface area (Å²) in [5, 5.41) is 12.4. The number of amides is 2. The van der Waals surface area contributed by atoms with Crippen LogP contribution in [0.4, 0.5) is 0 Å². The highest BCUT2D eigenvalue weighted by atomic mass is 16.4. The van der Waals surface area contributed by atoms with Gasteiger partial charge in [0, 0.05) is 50.5 Å². The Labute approximate surface area is 146 Å². The van der Waals surface area contributed by atoms with Crippen LogP contribution in [-0.4, -0.2) is 52.4 Å². The molecule has 0 saturated heterocycles. The van der Waals surface area contributed by atoms with Gasteiger partial charge in [0.25, 0.3) is 0 Å². The summed E-state index contributed by atoms with van der Waals surface area (Å²) in [6, 6.07) is 7.08. The number of nitrogens with one attached hydrogen (secondary N) is 2. The van der Waals surface area contributed by atoms with E-state index in [1.807, 2.05) is 30.5 Å². The van der Waals surface area contributed by atoms with Gasteiger partial charge in [-0.05, 0) is 18.1 Å². The number of carboxylic acids is 1. The zero-order chi connectivity index (χ0) is 18.4. The van der Waals surface area contributed by atoms with Crippen molar-refractivity contribution in [3.63, 3.8) is 0 Å². The van der Waals surface area contributed by atoms with E-state index in [4.69, 9.17) is 5.11 Å². The number of likely N-dealkylation sites (N-methyl/N-ethyl adjacent to an activating group) is 1. The maximum atomic E-state index is 12.7. The monoisotopic (exact) mass is 345 g/mol. The lowest BCUT2D eigenvalue weighted by atomic mass is 10.0. The summed E-state index contributed by atoms with van der Waals surface area (Å²) in [7, 11) is 1.62. The maximum Gasteiger partial charge on any atom is 0.303 e. The molecule has 0 bridgehead atoms. The van der Waals surface area contributed by atoms with Gasteiger partial charge >= 0.3 is 5.97 Å². The molecule has 134 valence electrons. The van der Waals surface area contributed by atoms with Crippen molar-refractivity contribution in [3.05, 3.63) is 36.0 Å². The molecule has 3 N–H and O–H groups in total. The SMILES string of the molecule is CC(=O)NC(Cc1c[nH]c2ccccc12)C(=O)N(C)CCCC(=O)O. The second-order valence-electron chi connectivity index (χ2n) is 6.07. The summed E-state index contributed by atoms with van der Waals surface area (Å²) in [5.74, 6) is -1.40. The molecule has 25 heavy (non-hydrogen) atoms. The molecule has 0 aliphatic carbocycles. The first-order valence-electron chi connectivity index (χ1n) is 8.17. The second-order valence-corrected chi connectivity index (χ2v) is 6.07. The van der Waals surface area contributed by atoms with Crippen LogP contribution in [0.5, 0.6) is 0 Å². The third-order valence-corrected chi connectivity index (χ3v) is 4.03. The molecular weight excluding hydrogens is 322 g/mol. The number of nitrogens with zero attached hydrogens (tertiary/aromatic N) is 1. The average Bonchev–Trinajstić information content (AvgIpc) is 2.96. The number of para-hydroxylation sites is 1. The smallest absolute Gasteiger partial charge is 0.303 e. The lowest BCUT2D eigenvalue weighted by Crippen LogP contribution is -2.48. The Balaban J connectivity index is 2.11. The Morgan fingerprint density at radius 3 is 2.68 bits per heavy atom.